The number of ether oxygens (including phenoxy) is 1. The summed E-state index contributed by atoms with van der Waals surface area (Å²) in [4.78, 5) is 14.3. The highest BCUT2D eigenvalue weighted by atomic mass is 16.6. The molecule has 1 aromatic carbocycles. The summed E-state index contributed by atoms with van der Waals surface area (Å²) in [5, 5.41) is 14.0. The van der Waals surface area contributed by atoms with Gasteiger partial charge in [0, 0.05) is 18.2 Å². The maximum absolute atomic E-state index is 10.7. The Morgan fingerprint density at radius 1 is 1.58 bits per heavy atom. The monoisotopic (exact) mass is 263 g/mol. The first-order valence-corrected chi connectivity index (χ1v) is 6.13. The number of hydrogen-bond donors (Lipinski definition) is 1. The van der Waals surface area contributed by atoms with E-state index < -0.39 is 4.92 Å². The van der Waals surface area contributed by atoms with E-state index in [1.165, 1.54) is 18.2 Å². The third-order valence-corrected chi connectivity index (χ3v) is 3.13. The molecule has 0 radical (unpaired) electrons. The fraction of sp³-hybridized carbons (Fsp3) is 0.417. The van der Waals surface area contributed by atoms with Crippen LogP contribution in [0.4, 0.5) is 5.69 Å². The van der Waals surface area contributed by atoms with Gasteiger partial charge in [-0.2, -0.15) is 4.98 Å². The van der Waals surface area contributed by atoms with Gasteiger partial charge in [-0.05, 0) is 25.5 Å². The molecule has 1 fully saturated rings. The van der Waals surface area contributed by atoms with E-state index in [1.54, 1.807) is 0 Å². The molecule has 1 saturated heterocycles. The minimum Gasteiger partial charge on any atom is -0.449 e. The molecule has 0 amide bonds. The van der Waals surface area contributed by atoms with Crippen LogP contribution in [0.1, 0.15) is 12.8 Å². The van der Waals surface area contributed by atoms with Crippen LogP contribution >= 0.6 is 0 Å². The van der Waals surface area contributed by atoms with Crippen molar-refractivity contribution in [3.8, 4) is 6.08 Å². The van der Waals surface area contributed by atoms with E-state index in [4.69, 9.17) is 9.15 Å². The minimum atomic E-state index is -0.461. The van der Waals surface area contributed by atoms with Crippen molar-refractivity contribution in [2.45, 2.75) is 18.9 Å². The van der Waals surface area contributed by atoms with Crippen LogP contribution in [0.2, 0.25) is 0 Å². The lowest BCUT2D eigenvalue weighted by Gasteiger charge is -2.08. The number of nitro groups is 1. The average Bonchev–Trinajstić information content (AvgIpc) is 3.04. The Balaban J connectivity index is 1.75. The zero-order valence-electron chi connectivity index (χ0n) is 10.2. The zero-order valence-corrected chi connectivity index (χ0v) is 10.2. The molecule has 1 aliphatic heterocycles. The molecule has 1 atom stereocenters. The summed E-state index contributed by atoms with van der Waals surface area (Å²) in [6.07, 6.45) is 2.38. The Kier molecular flexibility index (Phi) is 3.04. The largest absolute Gasteiger partial charge is 0.449 e. The van der Waals surface area contributed by atoms with E-state index in [-0.39, 0.29) is 11.8 Å². The molecule has 3 rings (SSSR count). The zero-order chi connectivity index (χ0) is 13.2. The number of nitrogens with zero attached hydrogens (tertiary/aromatic N) is 2. The maximum atomic E-state index is 10.7. The summed E-state index contributed by atoms with van der Waals surface area (Å²) in [7, 11) is 0. The first-order chi connectivity index (χ1) is 9.22. The number of non-ortho nitro benzene ring substituents is 1. The summed E-state index contributed by atoms with van der Waals surface area (Å²) in [5.74, 6) is 0. The second-order valence-electron chi connectivity index (χ2n) is 4.49. The Bertz CT molecular complexity index is 604. The van der Waals surface area contributed by atoms with E-state index in [0.717, 1.165) is 19.4 Å². The van der Waals surface area contributed by atoms with Crippen molar-refractivity contribution in [1.82, 2.24) is 10.3 Å². The van der Waals surface area contributed by atoms with E-state index in [1.807, 2.05) is 0 Å². The Hall–Kier alpha value is -2.15. The molecule has 1 aliphatic rings. The van der Waals surface area contributed by atoms with Gasteiger partial charge in [-0.3, -0.25) is 10.1 Å². The minimum absolute atomic E-state index is 0.00944. The van der Waals surface area contributed by atoms with Gasteiger partial charge in [-0.25, -0.2) is 0 Å². The van der Waals surface area contributed by atoms with Gasteiger partial charge in [0.25, 0.3) is 5.69 Å². The highest BCUT2D eigenvalue weighted by Crippen LogP contribution is 2.24. The van der Waals surface area contributed by atoms with Crippen LogP contribution in [0.15, 0.2) is 22.6 Å². The van der Waals surface area contributed by atoms with Gasteiger partial charge in [0.1, 0.15) is 12.1 Å². The molecule has 2 heterocycles. The predicted molar refractivity (Wildman–Crippen MR) is 67.2 cm³/mol. The van der Waals surface area contributed by atoms with Crippen molar-refractivity contribution >= 4 is 16.8 Å². The number of hydrogen-bond acceptors (Lipinski definition) is 6. The molecule has 7 heteroatoms. The molecular formula is C12H13N3O4. The van der Waals surface area contributed by atoms with Gasteiger partial charge in [-0.1, -0.05) is 0 Å². The van der Waals surface area contributed by atoms with Crippen LogP contribution in [0.5, 0.6) is 6.08 Å². The van der Waals surface area contributed by atoms with Gasteiger partial charge < -0.3 is 14.5 Å². The molecule has 0 spiro atoms. The lowest BCUT2D eigenvalue weighted by atomic mass is 10.2. The molecular weight excluding hydrogens is 250 g/mol. The lowest BCUT2D eigenvalue weighted by Crippen LogP contribution is -2.28. The Morgan fingerprint density at radius 2 is 2.47 bits per heavy atom. The van der Waals surface area contributed by atoms with E-state index >= 15 is 0 Å². The van der Waals surface area contributed by atoms with E-state index in [9.17, 15) is 10.1 Å². The third kappa shape index (κ3) is 2.50. The summed E-state index contributed by atoms with van der Waals surface area (Å²) >= 11 is 0. The van der Waals surface area contributed by atoms with Gasteiger partial charge in [0.2, 0.25) is 0 Å². The first-order valence-electron chi connectivity index (χ1n) is 6.13. The molecule has 1 aromatic heterocycles. The number of nitrogens with one attached hydrogen (secondary N) is 1. The number of nitro benzene ring substituents is 1. The van der Waals surface area contributed by atoms with Crippen LogP contribution < -0.4 is 10.1 Å². The Labute approximate surface area is 108 Å². The standard InChI is InChI=1S/C12H13N3O4/c16-15(17)9-3-4-11-10(6-9)14-12(19-11)18-7-8-2-1-5-13-8/h3-4,6,8,13H,1-2,5,7H2/t8-/m0/s1. The predicted octanol–water partition coefficient (Wildman–Crippen LogP) is 1.87. The average molecular weight is 263 g/mol. The summed E-state index contributed by atoms with van der Waals surface area (Å²) in [6, 6.07) is 4.61. The lowest BCUT2D eigenvalue weighted by molar-refractivity contribution is -0.384. The smallest absolute Gasteiger partial charge is 0.394 e. The number of aromatic nitrogens is 1. The van der Waals surface area contributed by atoms with Crippen LogP contribution in [-0.4, -0.2) is 29.1 Å². The van der Waals surface area contributed by atoms with Gasteiger partial charge in [-0.15, -0.1) is 0 Å². The molecule has 7 nitrogen and oxygen atoms in total. The van der Waals surface area contributed by atoms with E-state index in [2.05, 4.69) is 10.3 Å². The molecule has 100 valence electrons. The molecule has 2 aromatic rings. The number of benzene rings is 1. The van der Waals surface area contributed by atoms with Crippen molar-refractivity contribution in [3.63, 3.8) is 0 Å². The topological polar surface area (TPSA) is 90.4 Å². The second-order valence-corrected chi connectivity index (χ2v) is 4.49. The highest BCUT2D eigenvalue weighted by Gasteiger charge is 2.17. The van der Waals surface area contributed by atoms with Crippen LogP contribution in [0.3, 0.4) is 0 Å². The number of fused-ring (bicyclic) bond motifs is 1. The molecule has 0 unspecified atom stereocenters. The fourth-order valence-electron chi connectivity index (χ4n) is 2.14. The number of oxazole rings is 1. The number of rotatable bonds is 4. The molecule has 0 saturated carbocycles. The third-order valence-electron chi connectivity index (χ3n) is 3.13. The maximum Gasteiger partial charge on any atom is 0.394 e. The fourth-order valence-corrected chi connectivity index (χ4v) is 2.14. The SMILES string of the molecule is O=[N+]([O-])c1ccc2oc(OC[C@@H]3CCCN3)nc2c1. The van der Waals surface area contributed by atoms with Crippen molar-refractivity contribution in [2.75, 3.05) is 13.2 Å². The van der Waals surface area contributed by atoms with Crippen LogP contribution in [-0.2, 0) is 0 Å². The quantitative estimate of drug-likeness (QED) is 0.668. The second kappa shape index (κ2) is 4.85. The van der Waals surface area contributed by atoms with Gasteiger partial charge in [0.05, 0.1) is 4.92 Å². The van der Waals surface area contributed by atoms with Crippen LogP contribution in [0, 0.1) is 10.1 Å². The van der Waals surface area contributed by atoms with Crippen molar-refractivity contribution in [2.24, 2.45) is 0 Å². The molecule has 0 bridgehead atoms. The molecule has 0 aliphatic carbocycles. The van der Waals surface area contributed by atoms with E-state index in [0.29, 0.717) is 23.7 Å². The van der Waals surface area contributed by atoms with Crippen molar-refractivity contribution < 1.29 is 14.1 Å². The van der Waals surface area contributed by atoms with Gasteiger partial charge >= 0.3 is 6.08 Å². The highest BCUT2D eigenvalue weighted by molar-refractivity contribution is 5.75. The normalized spacial score (nSPS) is 18.8. The molecule has 1 N–H and O–H groups in total. The van der Waals surface area contributed by atoms with Crippen LogP contribution in [0.25, 0.3) is 11.1 Å². The Morgan fingerprint density at radius 3 is 3.21 bits per heavy atom. The molecule has 19 heavy (non-hydrogen) atoms. The van der Waals surface area contributed by atoms with Crippen molar-refractivity contribution in [1.29, 1.82) is 0 Å². The summed E-state index contributed by atoms with van der Waals surface area (Å²) < 4.78 is 10.8. The van der Waals surface area contributed by atoms with Gasteiger partial charge in [0.15, 0.2) is 5.58 Å². The van der Waals surface area contributed by atoms with Crippen molar-refractivity contribution in [3.05, 3.63) is 28.3 Å². The first kappa shape index (κ1) is 11.9. The summed E-state index contributed by atoms with van der Waals surface area (Å²) in [5.41, 5.74) is 0.911. The summed E-state index contributed by atoms with van der Waals surface area (Å²) in [6.45, 7) is 1.50.